The van der Waals surface area contributed by atoms with Crippen molar-refractivity contribution in [2.75, 3.05) is 33.2 Å². The summed E-state index contributed by atoms with van der Waals surface area (Å²) in [6, 6.07) is 0. The summed E-state index contributed by atoms with van der Waals surface area (Å²) < 4.78 is 2.11. The van der Waals surface area contributed by atoms with Gasteiger partial charge in [0.05, 0.1) is 0 Å². The maximum atomic E-state index is 5.38. The third kappa shape index (κ3) is 7.45. The van der Waals surface area contributed by atoms with Crippen LogP contribution in [0.5, 0.6) is 0 Å². The molecule has 62 valence electrons. The molecule has 0 rings (SSSR count). The summed E-state index contributed by atoms with van der Waals surface area (Å²) in [5.41, 5.74) is 5.38. The molecule has 2 N–H and O–H groups in total. The summed E-state index contributed by atoms with van der Waals surface area (Å²) in [6.45, 7) is 3.90. The molecule has 0 aliphatic carbocycles. The summed E-state index contributed by atoms with van der Waals surface area (Å²) in [5, 5.41) is 0. The zero-order chi connectivity index (χ0) is 7.98. The smallest absolute Gasteiger partial charge is 0.0312 e. The van der Waals surface area contributed by atoms with Crippen LogP contribution >= 0.6 is 45.7 Å². The molecule has 0 aromatic heterocycles. The van der Waals surface area contributed by atoms with Gasteiger partial charge < -0.3 is 10.6 Å². The van der Waals surface area contributed by atoms with Gasteiger partial charge in [-0.15, -0.1) is 0 Å². The third-order valence-electron chi connectivity index (χ3n) is 1.16. The average molecular weight is 369 g/mol. The highest BCUT2D eigenvalue weighted by atomic mass is 127. The molecule has 3 nitrogen and oxygen atoms in total. The van der Waals surface area contributed by atoms with Crippen LogP contribution in [0, 0.1) is 0 Å². The van der Waals surface area contributed by atoms with Gasteiger partial charge in [-0.05, 0) is 7.05 Å². The molecular formula is C5H13I2N3. The molecule has 0 radical (unpaired) electrons. The fraction of sp³-hybridized carbons (Fsp3) is 1.00. The van der Waals surface area contributed by atoms with Crippen LogP contribution in [0.1, 0.15) is 0 Å². The van der Waals surface area contributed by atoms with E-state index in [1.165, 1.54) is 0 Å². The first kappa shape index (κ1) is 11.3. The zero-order valence-corrected chi connectivity index (χ0v) is 10.4. The molecule has 0 aliphatic rings. The Bertz CT molecular complexity index is 79.3. The van der Waals surface area contributed by atoms with E-state index in [4.69, 9.17) is 5.73 Å². The predicted molar refractivity (Wildman–Crippen MR) is 61.3 cm³/mol. The lowest BCUT2D eigenvalue weighted by Gasteiger charge is -2.15. The number of halogens is 2. The van der Waals surface area contributed by atoms with E-state index in [0.29, 0.717) is 0 Å². The van der Waals surface area contributed by atoms with Gasteiger partial charge >= 0.3 is 0 Å². The average Bonchev–Trinajstić information content (AvgIpc) is 1.85. The summed E-state index contributed by atoms with van der Waals surface area (Å²) in [6.07, 6.45) is 0. The molecule has 0 atom stereocenters. The minimum absolute atomic E-state index is 0.749. The highest BCUT2D eigenvalue weighted by molar-refractivity contribution is 14.2. The van der Waals surface area contributed by atoms with Gasteiger partial charge in [-0.25, -0.2) is 0 Å². The second-order valence-corrected chi connectivity index (χ2v) is 6.29. The zero-order valence-electron chi connectivity index (χ0n) is 6.06. The molecule has 0 aliphatic heterocycles. The van der Waals surface area contributed by atoms with Crippen LogP contribution in [0.4, 0.5) is 0 Å². The first-order valence-electron chi connectivity index (χ1n) is 3.14. The first-order chi connectivity index (χ1) is 4.66. The fourth-order valence-corrected chi connectivity index (χ4v) is 1.01. The quantitative estimate of drug-likeness (QED) is 0.577. The molecule has 10 heavy (non-hydrogen) atoms. The summed E-state index contributed by atoms with van der Waals surface area (Å²) in [5.74, 6) is 0. The topological polar surface area (TPSA) is 32.5 Å². The van der Waals surface area contributed by atoms with Crippen LogP contribution < -0.4 is 5.73 Å². The van der Waals surface area contributed by atoms with Gasteiger partial charge in [0.1, 0.15) is 0 Å². The van der Waals surface area contributed by atoms with Crippen LogP contribution in [0.2, 0.25) is 0 Å². The molecule has 0 aromatic rings. The standard InChI is InChI=1S/C5H13I2N3/c1-9(3-2-8)4-5-10(6)7/h2-5,8H2,1H3. The van der Waals surface area contributed by atoms with Gasteiger partial charge in [-0.3, -0.25) is 0 Å². The van der Waals surface area contributed by atoms with Crippen molar-refractivity contribution in [2.45, 2.75) is 0 Å². The molecule has 0 spiro atoms. The lowest BCUT2D eigenvalue weighted by molar-refractivity contribution is 0.343. The van der Waals surface area contributed by atoms with Crippen molar-refractivity contribution in [3.05, 3.63) is 0 Å². The Kier molecular flexibility index (Phi) is 7.95. The molecule has 5 heteroatoms. The summed E-state index contributed by atoms with van der Waals surface area (Å²) in [7, 11) is 2.09. The van der Waals surface area contributed by atoms with Crippen molar-refractivity contribution in [1.29, 1.82) is 0 Å². The van der Waals surface area contributed by atoms with Gasteiger partial charge in [0.25, 0.3) is 0 Å². The molecule has 0 aromatic carbocycles. The Labute approximate surface area is 90.3 Å². The van der Waals surface area contributed by atoms with Gasteiger partial charge in [0.15, 0.2) is 0 Å². The van der Waals surface area contributed by atoms with Crippen LogP contribution in [0.3, 0.4) is 0 Å². The lowest BCUT2D eigenvalue weighted by atomic mass is 10.5. The van der Waals surface area contributed by atoms with E-state index in [-0.39, 0.29) is 0 Å². The number of nitrogens with two attached hydrogens (primary N) is 1. The van der Waals surface area contributed by atoms with Crippen LogP contribution in [-0.4, -0.2) is 39.5 Å². The minimum Gasteiger partial charge on any atom is -0.329 e. The Morgan fingerprint density at radius 1 is 1.20 bits per heavy atom. The van der Waals surface area contributed by atoms with Crippen molar-refractivity contribution in [2.24, 2.45) is 5.73 Å². The van der Waals surface area contributed by atoms with Gasteiger partial charge in [0, 0.05) is 71.9 Å². The molecular weight excluding hydrogens is 356 g/mol. The lowest BCUT2D eigenvalue weighted by Crippen LogP contribution is -2.29. The third-order valence-corrected chi connectivity index (χ3v) is 2.13. The number of nitrogens with zero attached hydrogens (tertiary/aromatic N) is 2. The van der Waals surface area contributed by atoms with E-state index < -0.39 is 0 Å². The fourth-order valence-electron chi connectivity index (χ4n) is 0.578. The Hall–Kier alpha value is 1.34. The summed E-state index contributed by atoms with van der Waals surface area (Å²) in [4.78, 5) is 2.23. The molecule has 0 unspecified atom stereocenters. The van der Waals surface area contributed by atoms with Gasteiger partial charge in [0.2, 0.25) is 0 Å². The van der Waals surface area contributed by atoms with E-state index in [9.17, 15) is 0 Å². The number of hydrogen-bond acceptors (Lipinski definition) is 3. The molecule has 0 fully saturated rings. The second-order valence-electron chi connectivity index (χ2n) is 2.12. The maximum Gasteiger partial charge on any atom is 0.0312 e. The molecule has 0 saturated carbocycles. The highest BCUT2D eigenvalue weighted by Gasteiger charge is 1.97. The Morgan fingerprint density at radius 2 is 1.80 bits per heavy atom. The Morgan fingerprint density at radius 3 is 2.20 bits per heavy atom. The number of likely N-dealkylation sites (N-methyl/N-ethyl adjacent to an activating group) is 1. The molecule has 0 amide bonds. The first-order valence-corrected chi connectivity index (χ1v) is 5.07. The van der Waals surface area contributed by atoms with E-state index in [0.717, 1.165) is 26.2 Å². The summed E-state index contributed by atoms with van der Waals surface area (Å²) >= 11 is 4.53. The Balaban J connectivity index is 3.12. The van der Waals surface area contributed by atoms with E-state index in [1.807, 2.05) is 0 Å². The number of hydrogen-bond donors (Lipinski definition) is 1. The van der Waals surface area contributed by atoms with Crippen LogP contribution in [0.15, 0.2) is 0 Å². The van der Waals surface area contributed by atoms with Crippen molar-refractivity contribution in [1.82, 2.24) is 6.23 Å². The minimum atomic E-state index is 0.749. The highest BCUT2D eigenvalue weighted by Crippen LogP contribution is 2.05. The van der Waals surface area contributed by atoms with Crippen molar-refractivity contribution in [3.8, 4) is 0 Å². The van der Waals surface area contributed by atoms with Crippen molar-refractivity contribution < 1.29 is 0 Å². The van der Waals surface area contributed by atoms with Gasteiger partial charge in [-0.2, -0.15) is 1.33 Å². The predicted octanol–water partition coefficient (Wildman–Crippen LogP) is 0.879. The van der Waals surface area contributed by atoms with Gasteiger partial charge in [-0.1, -0.05) is 0 Å². The van der Waals surface area contributed by atoms with E-state index in [1.54, 1.807) is 0 Å². The molecule has 0 bridgehead atoms. The molecule has 0 saturated heterocycles. The maximum absolute atomic E-state index is 5.38. The van der Waals surface area contributed by atoms with Crippen molar-refractivity contribution in [3.63, 3.8) is 0 Å². The number of rotatable bonds is 5. The SMILES string of the molecule is CN(CCN)CCN(I)I. The van der Waals surface area contributed by atoms with E-state index >= 15 is 0 Å². The largest absolute Gasteiger partial charge is 0.329 e. The molecule has 0 heterocycles. The van der Waals surface area contributed by atoms with Crippen molar-refractivity contribution >= 4 is 45.7 Å². The van der Waals surface area contributed by atoms with Crippen LogP contribution in [-0.2, 0) is 0 Å². The normalized spacial score (nSPS) is 11.4. The monoisotopic (exact) mass is 369 g/mol. The van der Waals surface area contributed by atoms with Crippen LogP contribution in [0.25, 0.3) is 0 Å². The van der Waals surface area contributed by atoms with E-state index in [2.05, 4.69) is 59.0 Å². The second kappa shape index (κ2) is 7.01.